The van der Waals surface area contributed by atoms with Crippen LogP contribution in [0.15, 0.2) is 103 Å². The van der Waals surface area contributed by atoms with Gasteiger partial charge in [-0.3, -0.25) is 0 Å². The summed E-state index contributed by atoms with van der Waals surface area (Å²) in [7, 11) is 2.05. The van der Waals surface area contributed by atoms with Crippen molar-refractivity contribution in [2.24, 2.45) is 7.05 Å². The summed E-state index contributed by atoms with van der Waals surface area (Å²) in [6.07, 6.45) is 16.4. The number of rotatable bonds is 1. The number of aromatic nitrogens is 1. The molecule has 0 N–H and O–H groups in total. The van der Waals surface area contributed by atoms with Gasteiger partial charge >= 0.3 is 0 Å². The van der Waals surface area contributed by atoms with Crippen LogP contribution in [-0.4, -0.2) is 0 Å². The Kier molecular flexibility index (Phi) is 5.87. The molecule has 3 rings (SSSR count). The van der Waals surface area contributed by atoms with E-state index in [1.54, 1.807) is 0 Å². The largest absolute Gasteiger partial charge is 0.458 e. The lowest BCUT2D eigenvalue weighted by atomic mass is 9.98. The minimum Gasteiger partial charge on any atom is -0.458 e. The second-order valence-corrected chi connectivity index (χ2v) is 6.68. The van der Waals surface area contributed by atoms with Crippen molar-refractivity contribution in [2.45, 2.75) is 19.8 Å². The molecule has 2 aromatic rings. The Morgan fingerprint density at radius 2 is 1.74 bits per heavy atom. The second-order valence-electron chi connectivity index (χ2n) is 6.68. The summed E-state index contributed by atoms with van der Waals surface area (Å²) in [6, 6.07) is 10.5. The summed E-state index contributed by atoms with van der Waals surface area (Å²) in [5.74, 6) is 1.17. The summed E-state index contributed by atoms with van der Waals surface area (Å²) >= 11 is 0. The van der Waals surface area contributed by atoms with Crippen LogP contribution in [0.2, 0.25) is 0 Å². The summed E-state index contributed by atoms with van der Waals surface area (Å²) < 4.78 is 8.12. The molecule has 2 heterocycles. The molecule has 1 aliphatic heterocycles. The van der Waals surface area contributed by atoms with Gasteiger partial charge in [0.2, 0.25) is 5.69 Å². The van der Waals surface area contributed by atoms with Crippen LogP contribution < -0.4 is 4.57 Å². The molecular weight excluding hydrogens is 330 g/mol. The fourth-order valence-electron chi connectivity index (χ4n) is 3.28. The molecule has 0 saturated carbocycles. The highest BCUT2D eigenvalue weighted by Crippen LogP contribution is 2.31. The highest BCUT2D eigenvalue weighted by molar-refractivity contribution is 5.95. The standard InChI is InChI=1S/C25H26NO/c1-19-13-9-7-5-6-8-10-14-20(2)27-21(3)24(19)25-23-16-12-11-15-22(23)17-18-26(25)4/h6,8-18H,2-3,5,7H2,1,4H3/q+1/b8-6-,13-9-,14-10-,24-19+. The van der Waals surface area contributed by atoms with E-state index in [-0.39, 0.29) is 0 Å². The molecule has 0 radical (unpaired) electrons. The lowest BCUT2D eigenvalue weighted by Crippen LogP contribution is -2.33. The third kappa shape index (κ3) is 4.35. The molecule has 136 valence electrons. The van der Waals surface area contributed by atoms with Crippen molar-refractivity contribution in [3.63, 3.8) is 0 Å². The summed E-state index contributed by atoms with van der Waals surface area (Å²) in [6.45, 7) is 10.3. The van der Waals surface area contributed by atoms with Crippen molar-refractivity contribution in [3.05, 3.63) is 109 Å². The van der Waals surface area contributed by atoms with Gasteiger partial charge in [-0.1, -0.05) is 61.7 Å². The van der Waals surface area contributed by atoms with E-state index in [4.69, 9.17) is 4.74 Å². The Bertz CT molecular complexity index is 1000. The number of nitrogens with zero attached hydrogens (tertiary/aromatic N) is 1. The van der Waals surface area contributed by atoms with Crippen LogP contribution in [0.5, 0.6) is 0 Å². The van der Waals surface area contributed by atoms with Crippen LogP contribution in [-0.2, 0) is 11.8 Å². The molecule has 0 fully saturated rings. The second kappa shape index (κ2) is 8.50. The zero-order chi connectivity index (χ0) is 19.2. The van der Waals surface area contributed by atoms with Gasteiger partial charge in [0, 0.05) is 6.07 Å². The molecule has 27 heavy (non-hydrogen) atoms. The van der Waals surface area contributed by atoms with Gasteiger partial charge in [-0.05, 0) is 42.9 Å². The monoisotopic (exact) mass is 356 g/mol. The number of pyridine rings is 1. The molecule has 1 aromatic carbocycles. The highest BCUT2D eigenvalue weighted by atomic mass is 16.5. The van der Waals surface area contributed by atoms with Gasteiger partial charge in [-0.15, -0.1) is 0 Å². The Morgan fingerprint density at radius 1 is 0.963 bits per heavy atom. The molecule has 0 atom stereocenters. The van der Waals surface area contributed by atoms with Crippen LogP contribution in [0.1, 0.15) is 25.5 Å². The minimum absolute atomic E-state index is 0.570. The zero-order valence-corrected chi connectivity index (χ0v) is 16.1. The van der Waals surface area contributed by atoms with Crippen LogP contribution >= 0.6 is 0 Å². The Morgan fingerprint density at radius 3 is 2.59 bits per heavy atom. The van der Waals surface area contributed by atoms with Crippen molar-refractivity contribution < 1.29 is 9.30 Å². The Balaban J connectivity index is 2.20. The maximum absolute atomic E-state index is 5.99. The maximum atomic E-state index is 5.99. The third-order valence-electron chi connectivity index (χ3n) is 4.61. The van der Waals surface area contributed by atoms with Gasteiger partial charge in [-0.2, -0.15) is 0 Å². The molecule has 0 unspecified atom stereocenters. The fourth-order valence-corrected chi connectivity index (χ4v) is 3.28. The molecular formula is C25H26NO+. The van der Waals surface area contributed by atoms with Gasteiger partial charge in [0.25, 0.3) is 0 Å². The third-order valence-corrected chi connectivity index (χ3v) is 4.61. The number of allylic oxidation sites excluding steroid dienone is 8. The van der Waals surface area contributed by atoms with E-state index in [0.717, 1.165) is 29.7 Å². The van der Waals surface area contributed by atoms with Crippen LogP contribution in [0.4, 0.5) is 0 Å². The summed E-state index contributed by atoms with van der Waals surface area (Å²) in [4.78, 5) is 0. The van der Waals surface area contributed by atoms with Crippen molar-refractivity contribution in [1.82, 2.24) is 0 Å². The topological polar surface area (TPSA) is 13.1 Å². The van der Waals surface area contributed by atoms with E-state index in [9.17, 15) is 0 Å². The number of ether oxygens (including phenoxy) is 1. The first-order valence-electron chi connectivity index (χ1n) is 9.22. The summed E-state index contributed by atoms with van der Waals surface area (Å²) in [5, 5.41) is 2.36. The first kappa shape index (κ1) is 18.7. The first-order valence-corrected chi connectivity index (χ1v) is 9.22. The SMILES string of the molecule is C=C1/C=C\C=C/CC/C=C\C(C)=C(\c2c3ccccc3cc[n+]2C)C(=C)O1. The molecule has 2 heteroatoms. The minimum atomic E-state index is 0.570. The average Bonchev–Trinajstić information content (AvgIpc) is 2.66. The predicted molar refractivity (Wildman–Crippen MR) is 114 cm³/mol. The van der Waals surface area contributed by atoms with Gasteiger partial charge in [0.15, 0.2) is 6.20 Å². The molecule has 0 amide bonds. The number of aryl methyl sites for hydroxylation is 1. The molecule has 0 aliphatic carbocycles. The highest BCUT2D eigenvalue weighted by Gasteiger charge is 2.23. The number of hydrogen-bond donors (Lipinski definition) is 0. The molecule has 2 nitrogen and oxygen atoms in total. The van der Waals surface area contributed by atoms with Crippen LogP contribution in [0.3, 0.4) is 0 Å². The number of fused-ring (bicyclic) bond motifs is 1. The maximum Gasteiger partial charge on any atom is 0.224 e. The zero-order valence-electron chi connectivity index (χ0n) is 16.1. The lowest BCUT2D eigenvalue weighted by Gasteiger charge is -2.15. The van der Waals surface area contributed by atoms with Gasteiger partial charge in [0.05, 0.1) is 11.0 Å². The van der Waals surface area contributed by atoms with E-state index in [0.29, 0.717) is 11.5 Å². The van der Waals surface area contributed by atoms with E-state index >= 15 is 0 Å². The molecule has 1 aliphatic rings. The normalized spacial score (nSPS) is 22.3. The quantitative estimate of drug-likeness (QED) is 0.576. The molecule has 1 aromatic heterocycles. The average molecular weight is 356 g/mol. The predicted octanol–water partition coefficient (Wildman–Crippen LogP) is 5.94. The van der Waals surface area contributed by atoms with E-state index < -0.39 is 0 Å². The Hall–Kier alpha value is -3.13. The van der Waals surface area contributed by atoms with Gasteiger partial charge in [0.1, 0.15) is 18.6 Å². The van der Waals surface area contributed by atoms with E-state index in [2.05, 4.69) is 86.5 Å². The van der Waals surface area contributed by atoms with Crippen molar-refractivity contribution in [2.75, 3.05) is 0 Å². The summed E-state index contributed by atoms with van der Waals surface area (Å²) in [5.41, 5.74) is 3.20. The molecule has 0 saturated heterocycles. The smallest absolute Gasteiger partial charge is 0.224 e. The Labute approximate surface area is 161 Å². The van der Waals surface area contributed by atoms with Gasteiger partial charge in [-0.25, -0.2) is 4.57 Å². The molecule has 0 spiro atoms. The van der Waals surface area contributed by atoms with Crippen molar-refractivity contribution in [1.29, 1.82) is 0 Å². The van der Waals surface area contributed by atoms with Crippen molar-refractivity contribution >= 4 is 16.3 Å². The van der Waals surface area contributed by atoms with Gasteiger partial charge < -0.3 is 4.74 Å². The number of hydrogen-bond acceptors (Lipinski definition) is 1. The van der Waals surface area contributed by atoms with Crippen molar-refractivity contribution in [3.8, 4) is 0 Å². The fraction of sp³-hybridized carbons (Fsp3) is 0.160. The first-order chi connectivity index (χ1) is 13.1. The van der Waals surface area contributed by atoms with Crippen LogP contribution in [0.25, 0.3) is 16.3 Å². The van der Waals surface area contributed by atoms with Crippen LogP contribution in [0, 0.1) is 0 Å². The molecule has 0 bridgehead atoms. The lowest BCUT2D eigenvalue weighted by molar-refractivity contribution is -0.672. The number of benzene rings is 1. The van der Waals surface area contributed by atoms with E-state index in [1.165, 1.54) is 10.8 Å². The van der Waals surface area contributed by atoms with E-state index in [1.807, 2.05) is 18.2 Å².